The number of hydrogen-bond acceptors (Lipinski definition) is 2. The van der Waals surface area contributed by atoms with Crippen LogP contribution in [0.2, 0.25) is 0 Å². The molecule has 4 nitrogen and oxygen atoms in total. The van der Waals surface area contributed by atoms with Gasteiger partial charge in [-0.1, -0.05) is 13.8 Å². The smallest absolute Gasteiger partial charge is 0.317 e. The molecule has 80 valence electrons. The number of ether oxygens (including phenoxy) is 1. The van der Waals surface area contributed by atoms with Gasteiger partial charge >= 0.3 is 6.03 Å². The fourth-order valence-electron chi connectivity index (χ4n) is 1.03. The summed E-state index contributed by atoms with van der Waals surface area (Å²) in [6.45, 7) is 9.36. The van der Waals surface area contributed by atoms with Gasteiger partial charge in [-0.3, -0.25) is 0 Å². The first-order chi connectivity index (χ1) is 6.34. The number of nitrogens with zero attached hydrogens (tertiary/aromatic N) is 1. The van der Waals surface area contributed by atoms with E-state index in [4.69, 9.17) is 4.74 Å². The van der Waals surface area contributed by atoms with Crippen molar-refractivity contribution in [2.45, 2.75) is 20.8 Å². The van der Waals surface area contributed by atoms with Crippen LogP contribution in [0.1, 0.15) is 22.2 Å². The SMILES string of the molecule is CC.CCNC(=O)N1CCOCC1.[HH]. The van der Waals surface area contributed by atoms with Crippen molar-refractivity contribution in [3.63, 3.8) is 0 Å². The summed E-state index contributed by atoms with van der Waals surface area (Å²) in [4.78, 5) is 12.9. The van der Waals surface area contributed by atoms with Gasteiger partial charge in [-0.05, 0) is 6.92 Å². The second-order valence-electron chi connectivity index (χ2n) is 2.43. The third-order valence-electron chi connectivity index (χ3n) is 1.63. The molecule has 1 fully saturated rings. The van der Waals surface area contributed by atoms with E-state index in [2.05, 4.69) is 5.32 Å². The molecule has 1 saturated heterocycles. The van der Waals surface area contributed by atoms with Crippen LogP contribution in [0.5, 0.6) is 0 Å². The first-order valence-electron chi connectivity index (χ1n) is 4.95. The van der Waals surface area contributed by atoms with Gasteiger partial charge in [0.25, 0.3) is 0 Å². The van der Waals surface area contributed by atoms with Crippen molar-refractivity contribution in [1.29, 1.82) is 0 Å². The van der Waals surface area contributed by atoms with Crippen LogP contribution in [-0.2, 0) is 4.74 Å². The maximum atomic E-state index is 11.2. The van der Waals surface area contributed by atoms with Gasteiger partial charge in [-0.25, -0.2) is 4.79 Å². The zero-order valence-electron chi connectivity index (χ0n) is 8.80. The first-order valence-corrected chi connectivity index (χ1v) is 4.95. The fourth-order valence-corrected chi connectivity index (χ4v) is 1.03. The molecule has 0 bridgehead atoms. The number of morpholine rings is 1. The lowest BCUT2D eigenvalue weighted by atomic mass is 10.4. The van der Waals surface area contributed by atoms with Crippen molar-refractivity contribution >= 4 is 6.03 Å². The molecular formula is C9H22N2O2. The third kappa shape index (κ3) is 4.72. The van der Waals surface area contributed by atoms with Gasteiger partial charge in [0.05, 0.1) is 13.2 Å². The lowest BCUT2D eigenvalue weighted by Gasteiger charge is -2.26. The summed E-state index contributed by atoms with van der Waals surface area (Å²) in [7, 11) is 0. The fraction of sp³-hybridized carbons (Fsp3) is 0.889. The summed E-state index contributed by atoms with van der Waals surface area (Å²) in [6.07, 6.45) is 0. The minimum atomic E-state index is 0. The van der Waals surface area contributed by atoms with E-state index >= 15 is 0 Å². The molecule has 1 aliphatic rings. The normalized spacial score (nSPS) is 15.8. The topological polar surface area (TPSA) is 41.6 Å². The first kappa shape index (κ1) is 12.2. The predicted octanol–water partition coefficient (Wildman–Crippen LogP) is 1.32. The molecule has 2 amide bonds. The molecular weight excluding hydrogens is 168 g/mol. The minimum Gasteiger partial charge on any atom is -0.378 e. The Morgan fingerprint density at radius 2 is 2.00 bits per heavy atom. The average Bonchev–Trinajstić information content (AvgIpc) is 2.23. The highest BCUT2D eigenvalue weighted by Crippen LogP contribution is 1.95. The molecule has 1 rings (SSSR count). The summed E-state index contributed by atoms with van der Waals surface area (Å²) in [5.74, 6) is 0. The van der Waals surface area contributed by atoms with Crippen molar-refractivity contribution in [2.24, 2.45) is 0 Å². The van der Waals surface area contributed by atoms with E-state index < -0.39 is 0 Å². The van der Waals surface area contributed by atoms with Crippen molar-refractivity contribution in [3.05, 3.63) is 0 Å². The van der Waals surface area contributed by atoms with Gasteiger partial charge in [0.1, 0.15) is 0 Å². The van der Waals surface area contributed by atoms with Gasteiger partial charge in [-0.15, -0.1) is 0 Å². The monoisotopic (exact) mass is 190 g/mol. The Bertz CT molecular complexity index is 139. The second-order valence-corrected chi connectivity index (χ2v) is 2.43. The number of carbonyl (C=O) groups excluding carboxylic acids is 1. The Morgan fingerprint density at radius 3 is 2.46 bits per heavy atom. The summed E-state index contributed by atoms with van der Waals surface area (Å²) >= 11 is 0. The van der Waals surface area contributed by atoms with Crippen LogP contribution in [0.15, 0.2) is 0 Å². The van der Waals surface area contributed by atoms with Gasteiger partial charge in [0.15, 0.2) is 0 Å². The van der Waals surface area contributed by atoms with E-state index in [0.717, 1.165) is 0 Å². The third-order valence-corrected chi connectivity index (χ3v) is 1.63. The van der Waals surface area contributed by atoms with Crippen LogP contribution in [0.25, 0.3) is 0 Å². The summed E-state index contributed by atoms with van der Waals surface area (Å²) < 4.78 is 5.11. The van der Waals surface area contributed by atoms with E-state index in [0.29, 0.717) is 32.8 Å². The molecule has 1 aliphatic heterocycles. The number of rotatable bonds is 1. The predicted molar refractivity (Wildman–Crippen MR) is 54.9 cm³/mol. The molecule has 0 aliphatic carbocycles. The molecule has 0 unspecified atom stereocenters. The molecule has 0 spiro atoms. The van der Waals surface area contributed by atoms with Crippen molar-refractivity contribution in [2.75, 3.05) is 32.8 Å². The van der Waals surface area contributed by atoms with Crippen LogP contribution < -0.4 is 5.32 Å². The number of carbonyl (C=O) groups is 1. The quantitative estimate of drug-likeness (QED) is 0.677. The Morgan fingerprint density at radius 1 is 1.46 bits per heavy atom. The molecule has 4 heteroatoms. The minimum absolute atomic E-state index is 0. The highest BCUT2D eigenvalue weighted by molar-refractivity contribution is 5.74. The Kier molecular flexibility index (Phi) is 7.39. The lowest BCUT2D eigenvalue weighted by molar-refractivity contribution is 0.0533. The van der Waals surface area contributed by atoms with Crippen LogP contribution in [0.4, 0.5) is 4.79 Å². The zero-order valence-corrected chi connectivity index (χ0v) is 8.80. The van der Waals surface area contributed by atoms with Crippen molar-refractivity contribution in [3.8, 4) is 0 Å². The molecule has 0 radical (unpaired) electrons. The number of nitrogens with one attached hydrogen (secondary N) is 1. The Balaban J connectivity index is 0. The molecule has 0 saturated carbocycles. The van der Waals surface area contributed by atoms with Crippen LogP contribution >= 0.6 is 0 Å². The molecule has 0 atom stereocenters. The van der Waals surface area contributed by atoms with Gasteiger partial charge < -0.3 is 15.0 Å². The van der Waals surface area contributed by atoms with E-state index in [9.17, 15) is 4.79 Å². The molecule has 13 heavy (non-hydrogen) atoms. The summed E-state index contributed by atoms with van der Waals surface area (Å²) in [6, 6.07) is 0.0239. The van der Waals surface area contributed by atoms with Crippen molar-refractivity contribution < 1.29 is 11.0 Å². The van der Waals surface area contributed by atoms with Crippen molar-refractivity contribution in [1.82, 2.24) is 10.2 Å². The molecule has 0 aromatic rings. The maximum absolute atomic E-state index is 11.2. The second kappa shape index (κ2) is 7.86. The number of hydrogen-bond donors (Lipinski definition) is 1. The molecule has 0 aromatic heterocycles. The average molecular weight is 190 g/mol. The lowest BCUT2D eigenvalue weighted by Crippen LogP contribution is -2.46. The standard InChI is InChI=1S/C7H14N2O2.C2H6.H2/c1-2-8-7(10)9-3-5-11-6-4-9;1-2;/h2-6H2,1H3,(H,8,10);1-2H3;1H. The summed E-state index contributed by atoms with van der Waals surface area (Å²) in [5, 5.41) is 2.75. The van der Waals surface area contributed by atoms with E-state index in [1.165, 1.54) is 0 Å². The Hall–Kier alpha value is -0.770. The summed E-state index contributed by atoms with van der Waals surface area (Å²) in [5.41, 5.74) is 0. The Labute approximate surface area is 81.7 Å². The van der Waals surface area contributed by atoms with Crippen LogP contribution in [0, 0.1) is 0 Å². The van der Waals surface area contributed by atoms with Gasteiger partial charge in [0.2, 0.25) is 0 Å². The van der Waals surface area contributed by atoms with Gasteiger partial charge in [0, 0.05) is 21.1 Å². The highest BCUT2D eigenvalue weighted by Gasteiger charge is 2.14. The van der Waals surface area contributed by atoms with Crippen LogP contribution in [0.3, 0.4) is 0 Å². The van der Waals surface area contributed by atoms with E-state index in [1.807, 2.05) is 20.8 Å². The maximum Gasteiger partial charge on any atom is 0.317 e. The number of amides is 2. The largest absolute Gasteiger partial charge is 0.378 e. The zero-order chi connectivity index (χ0) is 10.1. The molecule has 1 heterocycles. The van der Waals surface area contributed by atoms with Crippen LogP contribution in [-0.4, -0.2) is 43.8 Å². The van der Waals surface area contributed by atoms with E-state index in [1.54, 1.807) is 4.90 Å². The number of urea groups is 1. The van der Waals surface area contributed by atoms with Gasteiger partial charge in [-0.2, -0.15) is 0 Å². The van der Waals surface area contributed by atoms with E-state index in [-0.39, 0.29) is 7.46 Å². The molecule has 0 aromatic carbocycles. The molecule has 1 N–H and O–H groups in total. The highest BCUT2D eigenvalue weighted by atomic mass is 16.5.